The van der Waals surface area contributed by atoms with Gasteiger partial charge in [-0.1, -0.05) is 85.3 Å². The first-order chi connectivity index (χ1) is 17.5. The fourth-order valence-electron chi connectivity index (χ4n) is 7.20. The number of nitrogens with zero attached hydrogens (tertiary/aromatic N) is 2. The minimum Gasteiger partial charge on any atom is -0.461 e. The summed E-state index contributed by atoms with van der Waals surface area (Å²) >= 11 is 0. The second-order valence-electron chi connectivity index (χ2n) is 11.5. The van der Waals surface area contributed by atoms with Gasteiger partial charge in [0.2, 0.25) is 0 Å². The number of carbonyl (C=O) groups excluding carboxylic acids is 1. The van der Waals surface area contributed by atoms with Gasteiger partial charge in [-0.25, -0.2) is 0 Å². The van der Waals surface area contributed by atoms with Crippen LogP contribution >= 0.6 is 0 Å². The zero-order chi connectivity index (χ0) is 24.7. The third-order valence-corrected chi connectivity index (χ3v) is 9.15. The molecule has 0 unspecified atom stereocenters. The summed E-state index contributed by atoms with van der Waals surface area (Å²) in [4.78, 5) is 18.1. The van der Waals surface area contributed by atoms with E-state index in [0.29, 0.717) is 0 Å². The van der Waals surface area contributed by atoms with Crippen molar-refractivity contribution in [3.63, 3.8) is 0 Å². The van der Waals surface area contributed by atoms with Crippen molar-refractivity contribution < 1.29 is 9.53 Å². The van der Waals surface area contributed by atoms with Crippen LogP contribution in [0.1, 0.15) is 50.3 Å². The summed E-state index contributed by atoms with van der Waals surface area (Å²) in [6.45, 7) is 9.34. The van der Waals surface area contributed by atoms with Crippen molar-refractivity contribution in [3.05, 3.63) is 95.1 Å². The number of benzene rings is 2. The van der Waals surface area contributed by atoms with Crippen LogP contribution in [0.5, 0.6) is 0 Å². The Morgan fingerprint density at radius 2 is 1.61 bits per heavy atom. The van der Waals surface area contributed by atoms with Crippen LogP contribution in [-0.4, -0.2) is 54.6 Å². The van der Waals surface area contributed by atoms with E-state index in [0.717, 1.165) is 52.0 Å². The molecule has 0 aromatic heterocycles. The van der Waals surface area contributed by atoms with Crippen LogP contribution in [0.15, 0.2) is 84.0 Å². The van der Waals surface area contributed by atoms with Crippen molar-refractivity contribution >= 4 is 5.97 Å². The van der Waals surface area contributed by atoms with Crippen molar-refractivity contribution in [2.24, 2.45) is 17.3 Å². The van der Waals surface area contributed by atoms with Crippen LogP contribution < -0.4 is 0 Å². The van der Waals surface area contributed by atoms with Gasteiger partial charge in [0.05, 0.1) is 12.0 Å². The zero-order valence-corrected chi connectivity index (χ0v) is 21.6. The zero-order valence-electron chi connectivity index (χ0n) is 21.6. The molecular weight excluding hydrogens is 444 g/mol. The molecule has 6 rings (SSSR count). The molecule has 0 amide bonds. The molecule has 0 bridgehead atoms. The Hall–Kier alpha value is -2.69. The monoisotopic (exact) mass is 482 g/mol. The molecule has 0 saturated carbocycles. The van der Waals surface area contributed by atoms with Gasteiger partial charge in [-0.3, -0.25) is 14.6 Å². The van der Waals surface area contributed by atoms with E-state index in [1.54, 1.807) is 0 Å². The molecule has 36 heavy (non-hydrogen) atoms. The molecule has 2 fully saturated rings. The van der Waals surface area contributed by atoms with Crippen molar-refractivity contribution in [2.45, 2.75) is 45.3 Å². The summed E-state index contributed by atoms with van der Waals surface area (Å²) in [6.07, 6.45) is 8.10. The van der Waals surface area contributed by atoms with Gasteiger partial charge in [-0.05, 0) is 48.3 Å². The lowest BCUT2D eigenvalue weighted by atomic mass is 9.62. The molecule has 2 heterocycles. The second kappa shape index (κ2) is 9.64. The molecule has 2 aliphatic carbocycles. The van der Waals surface area contributed by atoms with E-state index in [2.05, 4.69) is 96.5 Å². The topological polar surface area (TPSA) is 32.8 Å². The van der Waals surface area contributed by atoms with Crippen LogP contribution in [0.4, 0.5) is 0 Å². The van der Waals surface area contributed by atoms with E-state index in [-0.39, 0.29) is 35.4 Å². The Morgan fingerprint density at radius 1 is 0.972 bits per heavy atom. The second-order valence-corrected chi connectivity index (χ2v) is 11.5. The number of esters is 1. The third kappa shape index (κ3) is 4.35. The lowest BCUT2D eigenvalue weighted by Crippen LogP contribution is -2.50. The van der Waals surface area contributed by atoms with Crippen molar-refractivity contribution in [1.29, 1.82) is 0 Å². The van der Waals surface area contributed by atoms with Crippen molar-refractivity contribution in [2.75, 3.05) is 32.7 Å². The Kier molecular flexibility index (Phi) is 6.35. The highest BCUT2D eigenvalue weighted by atomic mass is 16.6. The van der Waals surface area contributed by atoms with Gasteiger partial charge in [0.25, 0.3) is 0 Å². The fourth-order valence-corrected chi connectivity index (χ4v) is 7.20. The van der Waals surface area contributed by atoms with Gasteiger partial charge in [0.1, 0.15) is 6.10 Å². The van der Waals surface area contributed by atoms with E-state index in [9.17, 15) is 4.79 Å². The van der Waals surface area contributed by atoms with Crippen LogP contribution in [-0.2, 0) is 9.53 Å². The van der Waals surface area contributed by atoms with Crippen LogP contribution in [0.2, 0.25) is 0 Å². The summed E-state index contributed by atoms with van der Waals surface area (Å²) in [5.41, 5.74) is 5.71. The number of rotatable bonds is 5. The number of hydrogen-bond donors (Lipinski definition) is 0. The van der Waals surface area contributed by atoms with E-state index in [1.165, 1.54) is 22.3 Å². The highest BCUT2D eigenvalue weighted by Crippen LogP contribution is 2.52. The van der Waals surface area contributed by atoms with E-state index < -0.39 is 0 Å². The minimum absolute atomic E-state index is 0.0135. The highest BCUT2D eigenvalue weighted by molar-refractivity contribution is 5.76. The summed E-state index contributed by atoms with van der Waals surface area (Å²) < 4.78 is 6.00. The molecule has 4 heteroatoms. The van der Waals surface area contributed by atoms with Gasteiger partial charge >= 0.3 is 5.97 Å². The quantitative estimate of drug-likeness (QED) is 0.517. The first kappa shape index (κ1) is 23.7. The fraction of sp³-hybridized carbons (Fsp3) is 0.469. The van der Waals surface area contributed by atoms with Crippen LogP contribution in [0.3, 0.4) is 0 Å². The van der Waals surface area contributed by atoms with Crippen LogP contribution in [0, 0.1) is 17.3 Å². The highest BCUT2D eigenvalue weighted by Gasteiger charge is 2.51. The summed E-state index contributed by atoms with van der Waals surface area (Å²) in [7, 11) is 0. The van der Waals surface area contributed by atoms with E-state index >= 15 is 0 Å². The third-order valence-electron chi connectivity index (χ3n) is 9.15. The maximum absolute atomic E-state index is 13.0. The Morgan fingerprint density at radius 3 is 2.25 bits per heavy atom. The molecule has 0 spiro atoms. The molecule has 4 nitrogen and oxygen atoms in total. The van der Waals surface area contributed by atoms with E-state index in [4.69, 9.17) is 4.74 Å². The lowest BCUT2D eigenvalue weighted by molar-refractivity contribution is -0.145. The van der Waals surface area contributed by atoms with Gasteiger partial charge in [-0.15, -0.1) is 0 Å². The number of carbonyl (C=O) groups is 1. The first-order valence-electron chi connectivity index (χ1n) is 13.7. The Labute approximate surface area is 215 Å². The summed E-state index contributed by atoms with van der Waals surface area (Å²) in [6, 6.07) is 21.9. The van der Waals surface area contributed by atoms with Gasteiger partial charge in [0.15, 0.2) is 0 Å². The van der Waals surface area contributed by atoms with Gasteiger partial charge < -0.3 is 4.74 Å². The SMILES string of the molecule is CC1=CCC[C@]2(C)C[C@H]3OC(=O)[C@H](CN4CCN(C(c5ccccc5)c5ccccc5)CC4)[C@H]3C=C12. The molecule has 0 N–H and O–H groups in total. The Balaban J connectivity index is 1.16. The minimum atomic E-state index is -0.0487. The molecule has 4 atom stereocenters. The number of piperazine rings is 1. The molecule has 2 aromatic rings. The molecule has 0 radical (unpaired) electrons. The summed E-state index contributed by atoms with van der Waals surface area (Å²) in [5.74, 6) is 0.174. The predicted molar refractivity (Wildman–Crippen MR) is 143 cm³/mol. The number of allylic oxidation sites excluding steroid dienone is 3. The number of ether oxygens (including phenoxy) is 1. The maximum Gasteiger partial charge on any atom is 0.311 e. The molecule has 4 aliphatic rings. The number of fused-ring (bicyclic) bond motifs is 2. The Bertz CT molecular complexity index is 1110. The van der Waals surface area contributed by atoms with E-state index in [1.807, 2.05) is 0 Å². The average molecular weight is 483 g/mol. The molecule has 188 valence electrons. The van der Waals surface area contributed by atoms with Gasteiger partial charge in [0, 0.05) is 38.6 Å². The largest absolute Gasteiger partial charge is 0.461 e. The first-order valence-corrected chi connectivity index (χ1v) is 13.7. The summed E-state index contributed by atoms with van der Waals surface area (Å²) in [5, 5.41) is 0. The predicted octanol–water partition coefficient (Wildman–Crippen LogP) is 5.63. The molecule has 2 aliphatic heterocycles. The smallest absolute Gasteiger partial charge is 0.311 e. The normalized spacial score (nSPS) is 30.9. The van der Waals surface area contributed by atoms with Gasteiger partial charge in [-0.2, -0.15) is 0 Å². The lowest BCUT2D eigenvalue weighted by Gasteiger charge is -2.43. The molecule has 2 aromatic carbocycles. The van der Waals surface area contributed by atoms with Crippen molar-refractivity contribution in [1.82, 2.24) is 9.80 Å². The molecular formula is C32H38N2O2. The average Bonchev–Trinajstić information content (AvgIpc) is 3.18. The standard InChI is InChI=1S/C32H38N2O2/c1-23-10-9-15-32(2)21-29-26(20-28(23)32)27(31(35)36-29)22-33-16-18-34(19-17-33)30(24-11-5-3-6-12-24)25-13-7-4-8-14-25/h3-8,10-14,20,26-27,29-30H,9,15-19,21-22H2,1-2H3/t26-,27-,29-,32-/m1/s1. The maximum atomic E-state index is 13.0. The number of hydrogen-bond acceptors (Lipinski definition) is 4. The van der Waals surface area contributed by atoms with Crippen molar-refractivity contribution in [3.8, 4) is 0 Å². The van der Waals surface area contributed by atoms with Crippen LogP contribution in [0.25, 0.3) is 0 Å². The molecule has 2 saturated heterocycles.